The van der Waals surface area contributed by atoms with Crippen molar-refractivity contribution in [1.29, 1.82) is 0 Å². The van der Waals surface area contributed by atoms with Gasteiger partial charge in [0.15, 0.2) is 10.8 Å². The van der Waals surface area contributed by atoms with Gasteiger partial charge in [0.2, 0.25) is 5.43 Å². The van der Waals surface area contributed by atoms with E-state index < -0.39 is 11.4 Å². The first-order valence-electron chi connectivity index (χ1n) is 8.75. The number of esters is 1. The van der Waals surface area contributed by atoms with E-state index in [0.29, 0.717) is 21.7 Å². The molecule has 0 aliphatic rings. The van der Waals surface area contributed by atoms with Gasteiger partial charge in [0.1, 0.15) is 10.7 Å². The van der Waals surface area contributed by atoms with E-state index >= 15 is 0 Å². The fourth-order valence-electron chi connectivity index (χ4n) is 2.98. The van der Waals surface area contributed by atoms with E-state index in [1.165, 1.54) is 17.5 Å². The average Bonchev–Trinajstić information content (AvgIpc) is 3.18. The maximum absolute atomic E-state index is 13.0. The Bertz CT molecular complexity index is 1280. The smallest absolute Gasteiger partial charge is 0.343 e. The number of rotatable bonds is 4. The lowest BCUT2D eigenvalue weighted by Gasteiger charge is -2.11. The van der Waals surface area contributed by atoms with Crippen LogP contribution in [0.25, 0.3) is 27.4 Å². The SMILES string of the molecule is CCOC(=O)c1cn(-c2nc(-c3cccnc3)cs2)c2nc(Cl)cc(C)c2c1=O. The summed E-state index contributed by atoms with van der Waals surface area (Å²) in [6.07, 6.45) is 4.81. The van der Waals surface area contributed by atoms with Gasteiger partial charge < -0.3 is 4.74 Å². The predicted octanol–water partition coefficient (Wildman–Crippen LogP) is 4.04. The lowest BCUT2D eigenvalue weighted by atomic mass is 10.1. The molecule has 7 nitrogen and oxygen atoms in total. The quantitative estimate of drug-likeness (QED) is 0.361. The molecule has 0 N–H and O–H groups in total. The van der Waals surface area contributed by atoms with Gasteiger partial charge in [0.25, 0.3) is 0 Å². The first kappa shape index (κ1) is 19.2. The molecule has 4 aromatic heterocycles. The minimum atomic E-state index is -0.688. The van der Waals surface area contributed by atoms with E-state index in [2.05, 4.69) is 15.0 Å². The highest BCUT2D eigenvalue weighted by atomic mass is 35.5. The van der Waals surface area contributed by atoms with Gasteiger partial charge in [-0.3, -0.25) is 14.3 Å². The minimum absolute atomic E-state index is 0.0790. The summed E-state index contributed by atoms with van der Waals surface area (Å²) in [4.78, 5) is 38.4. The second-order valence-electron chi connectivity index (χ2n) is 6.18. The Morgan fingerprint density at radius 1 is 1.34 bits per heavy atom. The highest BCUT2D eigenvalue weighted by Crippen LogP contribution is 2.27. The molecule has 0 atom stereocenters. The van der Waals surface area contributed by atoms with E-state index in [1.807, 2.05) is 17.5 Å². The summed E-state index contributed by atoms with van der Waals surface area (Å²) < 4.78 is 6.67. The predicted molar refractivity (Wildman–Crippen MR) is 112 cm³/mol. The fraction of sp³-hybridized carbons (Fsp3) is 0.150. The maximum atomic E-state index is 13.0. The number of carbonyl (C=O) groups excluding carboxylic acids is 1. The Morgan fingerprint density at radius 2 is 2.17 bits per heavy atom. The number of halogens is 1. The van der Waals surface area contributed by atoms with Crippen molar-refractivity contribution < 1.29 is 9.53 Å². The molecule has 0 aliphatic carbocycles. The van der Waals surface area contributed by atoms with Crippen LogP contribution < -0.4 is 5.43 Å². The van der Waals surface area contributed by atoms with Crippen LogP contribution in [-0.2, 0) is 4.74 Å². The standard InChI is InChI=1S/C20H15ClN4O3S/c1-3-28-19(27)13-9-25(18-16(17(13)26)11(2)7-15(21)24-18)20-23-14(10-29-20)12-5-4-6-22-8-12/h4-10H,3H2,1-2H3. The van der Waals surface area contributed by atoms with Gasteiger partial charge in [0.05, 0.1) is 17.7 Å². The largest absolute Gasteiger partial charge is 0.462 e. The van der Waals surface area contributed by atoms with Crippen molar-refractivity contribution in [1.82, 2.24) is 19.5 Å². The summed E-state index contributed by atoms with van der Waals surface area (Å²) in [5.74, 6) is -0.688. The molecule has 4 heterocycles. The van der Waals surface area contributed by atoms with E-state index in [-0.39, 0.29) is 17.3 Å². The van der Waals surface area contributed by atoms with Crippen LogP contribution in [0.15, 0.2) is 47.0 Å². The van der Waals surface area contributed by atoms with Crippen molar-refractivity contribution in [3.8, 4) is 16.4 Å². The molecule has 0 aliphatic heterocycles. The highest BCUT2D eigenvalue weighted by molar-refractivity contribution is 7.12. The van der Waals surface area contributed by atoms with Crippen molar-refractivity contribution in [2.45, 2.75) is 13.8 Å². The Kier molecular flexibility index (Phi) is 5.12. The number of aromatic nitrogens is 4. The summed E-state index contributed by atoms with van der Waals surface area (Å²) in [7, 11) is 0. The van der Waals surface area contributed by atoms with Crippen LogP contribution in [-0.4, -0.2) is 32.1 Å². The molecule has 0 unspecified atom stereocenters. The molecular weight excluding hydrogens is 412 g/mol. The molecule has 4 aromatic rings. The van der Waals surface area contributed by atoms with Crippen LogP contribution in [0.1, 0.15) is 22.8 Å². The van der Waals surface area contributed by atoms with Gasteiger partial charge in [-0.1, -0.05) is 11.6 Å². The molecule has 0 saturated carbocycles. The molecule has 0 aromatic carbocycles. The van der Waals surface area contributed by atoms with Crippen molar-refractivity contribution in [3.05, 3.63) is 68.7 Å². The fourth-order valence-corrected chi connectivity index (χ4v) is 4.03. The van der Waals surface area contributed by atoms with E-state index in [4.69, 9.17) is 16.3 Å². The molecule has 0 bridgehead atoms. The summed E-state index contributed by atoms with van der Waals surface area (Å²) in [6.45, 7) is 3.60. The maximum Gasteiger partial charge on any atom is 0.343 e. The normalized spacial score (nSPS) is 11.0. The van der Waals surface area contributed by atoms with E-state index in [9.17, 15) is 9.59 Å². The van der Waals surface area contributed by atoms with Crippen molar-refractivity contribution in [2.24, 2.45) is 0 Å². The Hall–Kier alpha value is -3.10. The number of carbonyl (C=O) groups is 1. The molecule has 0 radical (unpaired) electrons. The van der Waals surface area contributed by atoms with Crippen molar-refractivity contribution >= 4 is 39.9 Å². The zero-order valence-electron chi connectivity index (χ0n) is 15.5. The second kappa shape index (κ2) is 7.73. The molecule has 0 amide bonds. The number of hydrogen-bond donors (Lipinski definition) is 0. The lowest BCUT2D eigenvalue weighted by Crippen LogP contribution is -2.21. The van der Waals surface area contributed by atoms with Crippen molar-refractivity contribution in [3.63, 3.8) is 0 Å². The zero-order chi connectivity index (χ0) is 20.5. The Morgan fingerprint density at radius 3 is 2.90 bits per heavy atom. The van der Waals surface area contributed by atoms with Gasteiger partial charge in [-0.05, 0) is 37.6 Å². The van der Waals surface area contributed by atoms with Crippen LogP contribution in [0, 0.1) is 6.92 Å². The van der Waals surface area contributed by atoms with E-state index in [0.717, 1.165) is 11.3 Å². The van der Waals surface area contributed by atoms with Crippen molar-refractivity contribution in [2.75, 3.05) is 6.61 Å². The van der Waals surface area contributed by atoms with Gasteiger partial charge in [-0.25, -0.2) is 14.8 Å². The molecule has 0 spiro atoms. The lowest BCUT2D eigenvalue weighted by molar-refractivity contribution is 0.0524. The molecule has 9 heteroatoms. The first-order chi connectivity index (χ1) is 14.0. The Balaban J connectivity index is 1.99. The minimum Gasteiger partial charge on any atom is -0.462 e. The summed E-state index contributed by atoms with van der Waals surface area (Å²) in [5, 5.41) is 2.96. The number of nitrogens with zero attached hydrogens (tertiary/aromatic N) is 4. The third-order valence-electron chi connectivity index (χ3n) is 4.28. The van der Waals surface area contributed by atoms with Gasteiger partial charge in [-0.2, -0.15) is 0 Å². The number of thiazole rings is 1. The van der Waals surface area contributed by atoms with Gasteiger partial charge >= 0.3 is 5.97 Å². The first-order valence-corrected chi connectivity index (χ1v) is 10.0. The molecule has 0 saturated heterocycles. The number of aryl methyl sites for hydroxylation is 1. The summed E-state index contributed by atoms with van der Waals surface area (Å²) in [5.41, 5.74) is 2.01. The van der Waals surface area contributed by atoms with E-state index in [1.54, 1.807) is 36.9 Å². The number of hydrogen-bond acceptors (Lipinski definition) is 7. The molecule has 146 valence electrons. The van der Waals surface area contributed by atoms with Gasteiger partial charge in [-0.15, -0.1) is 11.3 Å². The monoisotopic (exact) mass is 426 g/mol. The summed E-state index contributed by atoms with van der Waals surface area (Å²) in [6, 6.07) is 5.32. The van der Waals surface area contributed by atoms with Crippen LogP contribution in [0.4, 0.5) is 0 Å². The van der Waals surface area contributed by atoms with Crippen LogP contribution >= 0.6 is 22.9 Å². The topological polar surface area (TPSA) is 87.0 Å². The number of pyridine rings is 3. The van der Waals surface area contributed by atoms with Crippen LogP contribution in [0.2, 0.25) is 5.15 Å². The number of fused-ring (bicyclic) bond motifs is 1. The molecule has 4 rings (SSSR count). The molecular formula is C20H15ClN4O3S. The average molecular weight is 427 g/mol. The third-order valence-corrected chi connectivity index (χ3v) is 5.31. The number of ether oxygens (including phenoxy) is 1. The van der Waals surface area contributed by atoms with Gasteiger partial charge in [0, 0.05) is 29.5 Å². The zero-order valence-corrected chi connectivity index (χ0v) is 17.1. The third kappa shape index (κ3) is 3.52. The molecule has 29 heavy (non-hydrogen) atoms. The highest BCUT2D eigenvalue weighted by Gasteiger charge is 2.21. The van der Waals surface area contributed by atoms with Crippen LogP contribution in [0.3, 0.4) is 0 Å². The summed E-state index contributed by atoms with van der Waals surface area (Å²) >= 11 is 7.50. The Labute approximate surface area is 174 Å². The van der Waals surface area contributed by atoms with Crippen LogP contribution in [0.5, 0.6) is 0 Å². The molecule has 0 fully saturated rings. The second-order valence-corrected chi connectivity index (χ2v) is 7.40.